The predicted octanol–water partition coefficient (Wildman–Crippen LogP) is 0.937. The molecule has 0 aliphatic carbocycles. The van der Waals surface area contributed by atoms with E-state index in [9.17, 15) is 9.59 Å². The first-order valence-corrected chi connectivity index (χ1v) is 5.41. The second-order valence-corrected chi connectivity index (χ2v) is 3.97. The van der Waals surface area contributed by atoms with Crippen molar-refractivity contribution in [1.29, 1.82) is 0 Å². The fourth-order valence-corrected chi connectivity index (χ4v) is 2.04. The minimum atomic E-state index is -1.28. The molecule has 92 valence electrons. The molecule has 0 saturated heterocycles. The van der Waals surface area contributed by atoms with Crippen LogP contribution in [0.4, 0.5) is 0 Å². The van der Waals surface area contributed by atoms with Crippen molar-refractivity contribution >= 4 is 92.9 Å². The summed E-state index contributed by atoms with van der Waals surface area (Å²) in [4.78, 5) is 21.7. The van der Waals surface area contributed by atoms with E-state index in [1.54, 1.807) is 6.92 Å². The monoisotopic (exact) mass is 280 g/mol. The van der Waals surface area contributed by atoms with E-state index in [1.165, 1.54) is 0 Å². The van der Waals surface area contributed by atoms with Crippen LogP contribution in [0.15, 0.2) is 0 Å². The van der Waals surface area contributed by atoms with Crippen molar-refractivity contribution in [3.8, 4) is 0 Å². The summed E-state index contributed by atoms with van der Waals surface area (Å²) in [5.74, 6) is -3.88. The predicted molar refractivity (Wildman–Crippen MR) is 70.9 cm³/mol. The number of hydrogen-bond donors (Lipinski definition) is 2. The third kappa shape index (κ3) is 8.37. The molecule has 0 saturated carbocycles. The molecular formula is C11H22KNaO4. The van der Waals surface area contributed by atoms with Gasteiger partial charge in [-0.2, -0.15) is 0 Å². The average molecular weight is 280 g/mol. The molecule has 0 aliphatic rings. The second-order valence-electron chi connectivity index (χ2n) is 3.97. The minimum absolute atomic E-state index is 0. The zero-order valence-corrected chi connectivity index (χ0v) is 9.56. The van der Waals surface area contributed by atoms with Crippen molar-refractivity contribution in [2.75, 3.05) is 0 Å². The molecule has 6 heteroatoms. The summed E-state index contributed by atoms with van der Waals surface area (Å²) in [5.41, 5.74) is 0. The molecule has 0 aliphatic heterocycles. The fourth-order valence-electron chi connectivity index (χ4n) is 2.04. The number of carboxylic acid groups (broad SMARTS) is 2. The van der Waals surface area contributed by atoms with E-state index in [1.807, 2.05) is 13.8 Å². The fraction of sp³-hybridized carbons (Fsp3) is 0.818. The molecule has 2 atom stereocenters. The maximum atomic E-state index is 10.8. The summed E-state index contributed by atoms with van der Waals surface area (Å²) >= 11 is 0. The van der Waals surface area contributed by atoms with Gasteiger partial charge >= 0.3 is 92.9 Å². The third-order valence-electron chi connectivity index (χ3n) is 2.99. The van der Waals surface area contributed by atoms with Crippen molar-refractivity contribution in [1.82, 2.24) is 0 Å². The molecule has 2 N–H and O–H groups in total. The normalized spacial score (nSPS) is 13.2. The first-order valence-electron chi connectivity index (χ1n) is 5.41. The van der Waals surface area contributed by atoms with Gasteiger partial charge < -0.3 is 10.2 Å². The molecule has 2 unspecified atom stereocenters. The SMILES string of the molecule is CCCC(CC)C(C)C(C(=O)O)C(=O)O.[KH].[NaH]. The summed E-state index contributed by atoms with van der Waals surface area (Å²) in [6.45, 7) is 5.71. The number of carboxylic acids is 2. The molecule has 0 bridgehead atoms. The molecular weight excluding hydrogens is 258 g/mol. The molecule has 0 aromatic carbocycles. The van der Waals surface area contributed by atoms with E-state index in [0.29, 0.717) is 0 Å². The molecule has 0 rings (SSSR count). The average Bonchev–Trinajstić information content (AvgIpc) is 2.12. The zero-order valence-electron chi connectivity index (χ0n) is 9.56. The Morgan fingerprint density at radius 1 is 1.12 bits per heavy atom. The van der Waals surface area contributed by atoms with Crippen LogP contribution in [0.1, 0.15) is 40.0 Å². The van der Waals surface area contributed by atoms with Crippen molar-refractivity contribution in [2.24, 2.45) is 17.8 Å². The maximum absolute atomic E-state index is 10.8. The van der Waals surface area contributed by atoms with Gasteiger partial charge in [-0.05, 0) is 11.8 Å². The topological polar surface area (TPSA) is 74.6 Å². The number of rotatable bonds is 7. The summed E-state index contributed by atoms with van der Waals surface area (Å²) in [7, 11) is 0. The van der Waals surface area contributed by atoms with Gasteiger partial charge in [0.15, 0.2) is 5.92 Å². The van der Waals surface area contributed by atoms with Crippen LogP contribution in [0.3, 0.4) is 0 Å². The van der Waals surface area contributed by atoms with Crippen LogP contribution < -0.4 is 0 Å². The van der Waals surface area contributed by atoms with Crippen molar-refractivity contribution in [3.05, 3.63) is 0 Å². The molecule has 0 spiro atoms. The van der Waals surface area contributed by atoms with Gasteiger partial charge in [0.1, 0.15) is 0 Å². The summed E-state index contributed by atoms with van der Waals surface area (Å²) < 4.78 is 0. The van der Waals surface area contributed by atoms with Gasteiger partial charge in [-0.25, -0.2) is 0 Å². The summed E-state index contributed by atoms with van der Waals surface area (Å²) in [5, 5.41) is 17.7. The van der Waals surface area contributed by atoms with E-state index in [-0.39, 0.29) is 92.8 Å². The van der Waals surface area contributed by atoms with Crippen LogP contribution >= 0.6 is 0 Å². The standard InChI is InChI=1S/C11H20O4.K.Na.2H/c1-4-6-8(5-2)7(3)9(10(12)13)11(14)15;;;;/h7-9H,4-6H2,1-3H3,(H,12,13)(H,14,15);;;;. The molecule has 0 radical (unpaired) electrons. The van der Waals surface area contributed by atoms with E-state index >= 15 is 0 Å². The first-order chi connectivity index (χ1) is 6.95. The molecule has 0 heterocycles. The number of hydrogen-bond acceptors (Lipinski definition) is 2. The molecule has 17 heavy (non-hydrogen) atoms. The van der Waals surface area contributed by atoms with Gasteiger partial charge in [0.05, 0.1) is 0 Å². The van der Waals surface area contributed by atoms with E-state index in [4.69, 9.17) is 10.2 Å². The van der Waals surface area contributed by atoms with Crippen molar-refractivity contribution < 1.29 is 19.8 Å². The Labute approximate surface area is 168 Å². The Hall–Kier alpha value is 1.58. The zero-order chi connectivity index (χ0) is 12.0. The molecule has 0 amide bonds. The Bertz CT molecular complexity index is 222. The number of carbonyl (C=O) groups is 2. The quantitative estimate of drug-likeness (QED) is 0.537. The Kier molecular flexibility index (Phi) is 17.5. The van der Waals surface area contributed by atoms with E-state index < -0.39 is 17.9 Å². The van der Waals surface area contributed by atoms with Crippen LogP contribution in [-0.2, 0) is 9.59 Å². The first kappa shape index (κ1) is 23.7. The van der Waals surface area contributed by atoms with Crippen LogP contribution in [-0.4, -0.2) is 103 Å². The third-order valence-corrected chi connectivity index (χ3v) is 2.99. The second kappa shape index (κ2) is 12.6. The van der Waals surface area contributed by atoms with Crippen LogP contribution in [0.2, 0.25) is 0 Å². The molecule has 0 aromatic rings. The van der Waals surface area contributed by atoms with Gasteiger partial charge in [-0.3, -0.25) is 9.59 Å². The molecule has 0 fully saturated rings. The number of aliphatic carboxylic acids is 2. The Balaban J connectivity index is -0.000000980. The Morgan fingerprint density at radius 2 is 1.53 bits per heavy atom. The van der Waals surface area contributed by atoms with Crippen LogP contribution in [0, 0.1) is 17.8 Å². The summed E-state index contributed by atoms with van der Waals surface area (Å²) in [6.07, 6.45) is 2.66. The van der Waals surface area contributed by atoms with Crippen LogP contribution in [0.5, 0.6) is 0 Å². The van der Waals surface area contributed by atoms with Gasteiger partial charge in [0.2, 0.25) is 0 Å². The molecule has 0 aromatic heterocycles. The van der Waals surface area contributed by atoms with Crippen LogP contribution in [0.25, 0.3) is 0 Å². The van der Waals surface area contributed by atoms with Gasteiger partial charge in [0.25, 0.3) is 0 Å². The van der Waals surface area contributed by atoms with Crippen molar-refractivity contribution in [3.63, 3.8) is 0 Å². The van der Waals surface area contributed by atoms with Gasteiger partial charge in [-0.15, -0.1) is 0 Å². The summed E-state index contributed by atoms with van der Waals surface area (Å²) in [6, 6.07) is 0. The van der Waals surface area contributed by atoms with Gasteiger partial charge in [0, 0.05) is 0 Å². The molecule has 4 nitrogen and oxygen atoms in total. The van der Waals surface area contributed by atoms with Gasteiger partial charge in [-0.1, -0.05) is 40.0 Å². The Morgan fingerprint density at radius 3 is 1.76 bits per heavy atom. The van der Waals surface area contributed by atoms with Crippen molar-refractivity contribution in [2.45, 2.75) is 40.0 Å². The van der Waals surface area contributed by atoms with E-state index in [2.05, 4.69) is 0 Å². The van der Waals surface area contributed by atoms with E-state index in [0.717, 1.165) is 19.3 Å².